The molecule has 0 aromatic carbocycles. The zero-order valence-corrected chi connectivity index (χ0v) is 13.6. The van der Waals surface area contributed by atoms with Crippen molar-refractivity contribution in [3.63, 3.8) is 0 Å². The van der Waals surface area contributed by atoms with Gasteiger partial charge in [-0.2, -0.15) is 0 Å². The van der Waals surface area contributed by atoms with Crippen molar-refractivity contribution in [2.75, 3.05) is 31.2 Å². The molecule has 2 aromatic heterocycles. The van der Waals surface area contributed by atoms with Gasteiger partial charge >= 0.3 is 0 Å². The van der Waals surface area contributed by atoms with Crippen LogP contribution in [0.1, 0.15) is 25.4 Å². The molecule has 1 aliphatic heterocycles. The first-order valence-electron chi connectivity index (χ1n) is 7.63. The molecule has 0 aliphatic carbocycles. The van der Waals surface area contributed by atoms with Crippen molar-refractivity contribution < 1.29 is 4.74 Å². The van der Waals surface area contributed by atoms with Gasteiger partial charge in [0.2, 0.25) is 0 Å². The van der Waals surface area contributed by atoms with Gasteiger partial charge in [0.15, 0.2) is 11.6 Å². The Morgan fingerprint density at radius 1 is 1.30 bits per heavy atom. The van der Waals surface area contributed by atoms with Crippen LogP contribution in [-0.2, 0) is 4.74 Å². The molecule has 0 bridgehead atoms. The van der Waals surface area contributed by atoms with Crippen molar-refractivity contribution in [1.29, 1.82) is 0 Å². The molecule has 1 fully saturated rings. The average Bonchev–Trinajstić information content (AvgIpc) is 2.99. The molecule has 6 heteroatoms. The summed E-state index contributed by atoms with van der Waals surface area (Å²) in [5, 5.41) is 4.66. The minimum absolute atomic E-state index is 0.644. The maximum atomic E-state index is 5.45. The second-order valence-electron chi connectivity index (χ2n) is 5.65. The number of fused-ring (bicyclic) bond motifs is 1. The van der Waals surface area contributed by atoms with Crippen LogP contribution in [0.15, 0.2) is 29.9 Å². The SMILES string of the molecule is C=N/C=C(\C)c1nc(N2CCOCC2)c2ccc(C(=C)C)n2n1. The molecule has 0 radical (unpaired) electrons. The Morgan fingerprint density at radius 2 is 2.04 bits per heavy atom. The Bertz CT molecular complexity index is 784. The van der Waals surface area contributed by atoms with Gasteiger partial charge in [-0.05, 0) is 38.3 Å². The number of morpholine rings is 1. The summed E-state index contributed by atoms with van der Waals surface area (Å²) in [5.74, 6) is 1.56. The molecule has 0 saturated carbocycles. The Hall–Kier alpha value is -2.47. The van der Waals surface area contributed by atoms with E-state index in [-0.39, 0.29) is 0 Å². The van der Waals surface area contributed by atoms with E-state index in [1.54, 1.807) is 6.20 Å². The smallest absolute Gasteiger partial charge is 0.179 e. The lowest BCUT2D eigenvalue weighted by atomic mass is 10.2. The topological polar surface area (TPSA) is 55.0 Å². The third-order valence-corrected chi connectivity index (χ3v) is 3.88. The third kappa shape index (κ3) is 2.90. The van der Waals surface area contributed by atoms with Crippen molar-refractivity contribution >= 4 is 29.2 Å². The number of aromatic nitrogens is 3. The van der Waals surface area contributed by atoms with Crippen LogP contribution in [-0.4, -0.2) is 47.6 Å². The molecule has 0 spiro atoms. The van der Waals surface area contributed by atoms with Crippen molar-refractivity contribution in [2.24, 2.45) is 4.99 Å². The normalized spacial score (nSPS) is 15.9. The van der Waals surface area contributed by atoms with Crippen LogP contribution in [0, 0.1) is 0 Å². The van der Waals surface area contributed by atoms with Gasteiger partial charge in [-0.15, -0.1) is 5.10 Å². The quantitative estimate of drug-likeness (QED) is 0.815. The van der Waals surface area contributed by atoms with Gasteiger partial charge in [-0.3, -0.25) is 4.99 Å². The number of ether oxygens (including phenoxy) is 1. The molecule has 0 amide bonds. The van der Waals surface area contributed by atoms with E-state index in [0.29, 0.717) is 19.0 Å². The lowest BCUT2D eigenvalue weighted by molar-refractivity contribution is 0.122. The summed E-state index contributed by atoms with van der Waals surface area (Å²) in [6, 6.07) is 4.08. The van der Waals surface area contributed by atoms with E-state index in [0.717, 1.165) is 41.3 Å². The number of allylic oxidation sites excluding steroid dienone is 2. The van der Waals surface area contributed by atoms with E-state index in [2.05, 4.69) is 28.3 Å². The number of anilines is 1. The summed E-state index contributed by atoms with van der Waals surface area (Å²) in [4.78, 5) is 10.8. The van der Waals surface area contributed by atoms with Crippen molar-refractivity contribution in [3.05, 3.63) is 36.4 Å². The fourth-order valence-corrected chi connectivity index (χ4v) is 2.67. The lowest BCUT2D eigenvalue weighted by Gasteiger charge is -2.28. The van der Waals surface area contributed by atoms with Crippen molar-refractivity contribution in [3.8, 4) is 0 Å². The fourth-order valence-electron chi connectivity index (χ4n) is 2.67. The van der Waals surface area contributed by atoms with E-state index in [1.165, 1.54) is 0 Å². The second kappa shape index (κ2) is 6.34. The predicted octanol–water partition coefficient (Wildman–Crippen LogP) is 2.66. The Kier molecular flexibility index (Phi) is 4.25. The molecule has 1 aliphatic rings. The molecule has 0 N–H and O–H groups in total. The maximum Gasteiger partial charge on any atom is 0.179 e. The monoisotopic (exact) mass is 311 g/mol. The summed E-state index contributed by atoms with van der Waals surface area (Å²) in [5.41, 5.74) is 3.80. The Morgan fingerprint density at radius 3 is 2.70 bits per heavy atom. The summed E-state index contributed by atoms with van der Waals surface area (Å²) >= 11 is 0. The number of aliphatic imine (C=N–C) groups is 1. The molecule has 120 valence electrons. The molecular formula is C17H21N5O. The van der Waals surface area contributed by atoms with Crippen molar-refractivity contribution in [1.82, 2.24) is 14.6 Å². The van der Waals surface area contributed by atoms with Crippen LogP contribution in [0.5, 0.6) is 0 Å². The minimum Gasteiger partial charge on any atom is -0.378 e. The van der Waals surface area contributed by atoms with Crippen LogP contribution >= 0.6 is 0 Å². The summed E-state index contributed by atoms with van der Waals surface area (Å²) in [6.45, 7) is 14.5. The standard InChI is InChI=1S/C17H21N5O/c1-12(2)14-5-6-15-17(21-7-9-23-10-8-21)19-16(20-22(14)15)13(3)11-18-4/h5-6,11H,1,4,7-10H2,2-3H3/b13-11+. The molecule has 3 heterocycles. The van der Waals surface area contributed by atoms with Gasteiger partial charge in [0.05, 0.1) is 18.9 Å². The first-order chi connectivity index (χ1) is 11.1. The van der Waals surface area contributed by atoms with Gasteiger partial charge in [0.25, 0.3) is 0 Å². The highest BCUT2D eigenvalue weighted by atomic mass is 16.5. The maximum absolute atomic E-state index is 5.45. The van der Waals surface area contributed by atoms with Crippen LogP contribution in [0.2, 0.25) is 0 Å². The third-order valence-electron chi connectivity index (χ3n) is 3.88. The molecular weight excluding hydrogens is 290 g/mol. The van der Waals surface area contributed by atoms with Crippen LogP contribution < -0.4 is 4.90 Å². The van der Waals surface area contributed by atoms with E-state index >= 15 is 0 Å². The highest BCUT2D eigenvalue weighted by Gasteiger charge is 2.19. The molecule has 23 heavy (non-hydrogen) atoms. The Balaban J connectivity index is 2.21. The summed E-state index contributed by atoms with van der Waals surface area (Å²) in [7, 11) is 0. The summed E-state index contributed by atoms with van der Waals surface area (Å²) < 4.78 is 7.36. The summed E-state index contributed by atoms with van der Waals surface area (Å²) in [6.07, 6.45) is 1.67. The Labute approximate surface area is 135 Å². The van der Waals surface area contributed by atoms with Gasteiger partial charge in [-0.1, -0.05) is 6.58 Å². The van der Waals surface area contributed by atoms with E-state index in [4.69, 9.17) is 9.72 Å². The van der Waals surface area contributed by atoms with Gasteiger partial charge in [-0.25, -0.2) is 9.50 Å². The molecule has 2 aromatic rings. The van der Waals surface area contributed by atoms with Crippen LogP contribution in [0.3, 0.4) is 0 Å². The molecule has 1 saturated heterocycles. The van der Waals surface area contributed by atoms with Gasteiger partial charge in [0, 0.05) is 24.9 Å². The van der Waals surface area contributed by atoms with Crippen molar-refractivity contribution in [2.45, 2.75) is 13.8 Å². The van der Waals surface area contributed by atoms with Gasteiger partial charge in [0.1, 0.15) is 5.52 Å². The highest BCUT2D eigenvalue weighted by Crippen LogP contribution is 2.26. The largest absolute Gasteiger partial charge is 0.378 e. The van der Waals surface area contributed by atoms with Gasteiger partial charge < -0.3 is 9.64 Å². The molecule has 0 atom stereocenters. The first-order valence-corrected chi connectivity index (χ1v) is 7.63. The lowest BCUT2D eigenvalue weighted by Crippen LogP contribution is -2.37. The number of hydrogen-bond donors (Lipinski definition) is 0. The average molecular weight is 311 g/mol. The molecule has 3 rings (SSSR count). The number of nitrogens with zero attached hydrogens (tertiary/aromatic N) is 5. The van der Waals surface area contributed by atoms with E-state index in [1.807, 2.05) is 30.5 Å². The fraction of sp³-hybridized carbons (Fsp3) is 0.353. The number of rotatable bonds is 4. The second-order valence-corrected chi connectivity index (χ2v) is 5.65. The van der Waals surface area contributed by atoms with E-state index in [9.17, 15) is 0 Å². The number of hydrogen-bond acceptors (Lipinski definition) is 5. The zero-order chi connectivity index (χ0) is 16.4. The highest BCUT2D eigenvalue weighted by molar-refractivity contribution is 5.75. The molecule has 6 nitrogen and oxygen atoms in total. The predicted molar refractivity (Wildman–Crippen MR) is 93.9 cm³/mol. The van der Waals surface area contributed by atoms with Crippen LogP contribution in [0.4, 0.5) is 5.82 Å². The minimum atomic E-state index is 0.644. The first kappa shape index (κ1) is 15.4. The zero-order valence-electron chi connectivity index (χ0n) is 13.6. The van der Waals surface area contributed by atoms with Crippen LogP contribution in [0.25, 0.3) is 16.7 Å². The molecule has 0 unspecified atom stereocenters. The van der Waals surface area contributed by atoms with E-state index < -0.39 is 0 Å².